The van der Waals surface area contributed by atoms with Crippen molar-refractivity contribution < 1.29 is 4.42 Å². The van der Waals surface area contributed by atoms with Gasteiger partial charge in [-0.05, 0) is 36.8 Å². The Labute approximate surface area is 111 Å². The summed E-state index contributed by atoms with van der Waals surface area (Å²) in [5.74, 6) is 0.906. The number of halogens is 2. The quantitative estimate of drug-likeness (QED) is 0.831. The molecular formula is C13H13Cl2NO. The lowest BCUT2D eigenvalue weighted by atomic mass is 10.1. The van der Waals surface area contributed by atoms with Crippen molar-refractivity contribution in [1.29, 1.82) is 0 Å². The van der Waals surface area contributed by atoms with Crippen LogP contribution in [0.15, 0.2) is 41.0 Å². The molecule has 4 heteroatoms. The molecule has 1 aromatic carbocycles. The summed E-state index contributed by atoms with van der Waals surface area (Å²) in [5.41, 5.74) is 0.894. The van der Waals surface area contributed by atoms with Crippen LogP contribution < -0.4 is 5.32 Å². The van der Waals surface area contributed by atoms with Crippen LogP contribution in [0.2, 0.25) is 10.0 Å². The van der Waals surface area contributed by atoms with Gasteiger partial charge in [-0.3, -0.25) is 0 Å². The smallest absolute Gasteiger partial charge is 0.125 e. The third kappa shape index (κ3) is 3.18. The van der Waals surface area contributed by atoms with Crippen LogP contribution in [0.25, 0.3) is 0 Å². The van der Waals surface area contributed by atoms with Crippen LogP contribution in [0.3, 0.4) is 0 Å². The van der Waals surface area contributed by atoms with E-state index in [9.17, 15) is 0 Å². The van der Waals surface area contributed by atoms with E-state index in [1.807, 2.05) is 24.3 Å². The first kappa shape index (κ1) is 12.3. The normalized spacial score (nSPS) is 12.4. The highest BCUT2D eigenvalue weighted by molar-refractivity contribution is 6.35. The molecule has 1 N–H and O–H groups in total. The van der Waals surface area contributed by atoms with Gasteiger partial charge in [-0.2, -0.15) is 0 Å². The summed E-state index contributed by atoms with van der Waals surface area (Å²) in [7, 11) is 0. The van der Waals surface area contributed by atoms with E-state index < -0.39 is 0 Å². The number of anilines is 1. The van der Waals surface area contributed by atoms with E-state index in [1.54, 1.807) is 12.3 Å². The number of furan rings is 1. The Balaban J connectivity index is 2.18. The number of rotatable bonds is 4. The van der Waals surface area contributed by atoms with E-state index in [0.29, 0.717) is 10.0 Å². The molecule has 1 unspecified atom stereocenters. The molecule has 0 amide bonds. The highest BCUT2D eigenvalue weighted by Gasteiger charge is 2.12. The molecule has 2 nitrogen and oxygen atoms in total. The van der Waals surface area contributed by atoms with E-state index in [-0.39, 0.29) is 6.04 Å². The zero-order valence-corrected chi connectivity index (χ0v) is 10.9. The zero-order chi connectivity index (χ0) is 12.3. The monoisotopic (exact) mass is 269 g/mol. The minimum absolute atomic E-state index is 0.125. The molecule has 1 heterocycles. The maximum atomic E-state index is 5.95. The molecule has 2 aromatic rings. The van der Waals surface area contributed by atoms with E-state index >= 15 is 0 Å². The van der Waals surface area contributed by atoms with Gasteiger partial charge in [0.05, 0.1) is 12.3 Å². The third-order valence-electron chi connectivity index (χ3n) is 2.50. The van der Waals surface area contributed by atoms with Gasteiger partial charge in [0.2, 0.25) is 0 Å². The van der Waals surface area contributed by atoms with E-state index in [2.05, 4.69) is 12.2 Å². The van der Waals surface area contributed by atoms with Crippen molar-refractivity contribution >= 4 is 28.9 Å². The molecule has 0 spiro atoms. The maximum absolute atomic E-state index is 5.95. The fourth-order valence-electron chi connectivity index (χ4n) is 1.70. The van der Waals surface area contributed by atoms with Crippen LogP contribution in [0.4, 0.5) is 5.69 Å². The second-order valence-corrected chi connectivity index (χ2v) is 4.65. The lowest BCUT2D eigenvalue weighted by Crippen LogP contribution is -2.08. The Morgan fingerprint density at radius 3 is 2.47 bits per heavy atom. The molecule has 0 saturated carbocycles. The van der Waals surface area contributed by atoms with Crippen molar-refractivity contribution in [1.82, 2.24) is 0 Å². The summed E-state index contributed by atoms with van der Waals surface area (Å²) < 4.78 is 5.39. The Hall–Kier alpha value is -1.12. The predicted octanol–water partition coefficient (Wildman–Crippen LogP) is 5.15. The lowest BCUT2D eigenvalue weighted by Gasteiger charge is -2.16. The van der Waals surface area contributed by atoms with Crippen LogP contribution in [0.1, 0.15) is 25.1 Å². The zero-order valence-electron chi connectivity index (χ0n) is 9.41. The molecule has 1 atom stereocenters. The van der Waals surface area contributed by atoms with Gasteiger partial charge in [0.15, 0.2) is 0 Å². The van der Waals surface area contributed by atoms with Crippen LogP contribution in [-0.4, -0.2) is 0 Å². The summed E-state index contributed by atoms with van der Waals surface area (Å²) in [6, 6.07) is 9.36. The SMILES string of the molecule is CCC(Nc1cc(Cl)cc(Cl)c1)c1ccco1. The molecule has 0 fully saturated rings. The maximum Gasteiger partial charge on any atom is 0.125 e. The molecule has 0 aliphatic rings. The molecule has 0 saturated heterocycles. The molecule has 0 radical (unpaired) electrons. The summed E-state index contributed by atoms with van der Waals surface area (Å²) in [4.78, 5) is 0. The summed E-state index contributed by atoms with van der Waals surface area (Å²) in [6.07, 6.45) is 2.59. The topological polar surface area (TPSA) is 25.2 Å². The van der Waals surface area contributed by atoms with Crippen molar-refractivity contribution in [2.45, 2.75) is 19.4 Å². The molecule has 0 aliphatic heterocycles. The standard InChI is InChI=1S/C13H13Cl2NO/c1-2-12(13-4-3-5-17-13)16-11-7-9(14)6-10(15)8-11/h3-8,12,16H,2H2,1H3. The van der Waals surface area contributed by atoms with Crippen LogP contribution in [0, 0.1) is 0 Å². The largest absolute Gasteiger partial charge is 0.467 e. The fourth-order valence-corrected chi connectivity index (χ4v) is 2.23. The average Bonchev–Trinajstić information content (AvgIpc) is 2.77. The second-order valence-electron chi connectivity index (χ2n) is 3.78. The Morgan fingerprint density at radius 1 is 1.24 bits per heavy atom. The van der Waals surface area contributed by atoms with Gasteiger partial charge in [-0.25, -0.2) is 0 Å². The van der Waals surface area contributed by atoms with Crippen LogP contribution in [0.5, 0.6) is 0 Å². The number of nitrogens with one attached hydrogen (secondary N) is 1. The molecule has 17 heavy (non-hydrogen) atoms. The molecule has 0 aliphatic carbocycles. The number of hydrogen-bond donors (Lipinski definition) is 1. The van der Waals surface area contributed by atoms with Crippen molar-refractivity contribution in [2.24, 2.45) is 0 Å². The highest BCUT2D eigenvalue weighted by Crippen LogP contribution is 2.27. The van der Waals surface area contributed by atoms with Crippen molar-refractivity contribution in [3.05, 3.63) is 52.4 Å². The predicted molar refractivity (Wildman–Crippen MR) is 71.8 cm³/mol. The summed E-state index contributed by atoms with van der Waals surface area (Å²) in [5, 5.41) is 4.59. The van der Waals surface area contributed by atoms with Gasteiger partial charge < -0.3 is 9.73 Å². The second kappa shape index (κ2) is 5.48. The van der Waals surface area contributed by atoms with Crippen molar-refractivity contribution in [2.75, 3.05) is 5.32 Å². The summed E-state index contributed by atoms with van der Waals surface area (Å²) >= 11 is 11.9. The minimum atomic E-state index is 0.125. The van der Waals surface area contributed by atoms with Gasteiger partial charge in [-0.1, -0.05) is 30.1 Å². The molecule has 90 valence electrons. The van der Waals surface area contributed by atoms with Crippen molar-refractivity contribution in [3.63, 3.8) is 0 Å². The van der Waals surface area contributed by atoms with Crippen LogP contribution >= 0.6 is 23.2 Å². The lowest BCUT2D eigenvalue weighted by molar-refractivity contribution is 0.474. The van der Waals surface area contributed by atoms with Crippen LogP contribution in [-0.2, 0) is 0 Å². The van der Waals surface area contributed by atoms with Gasteiger partial charge in [0.1, 0.15) is 5.76 Å². The number of hydrogen-bond acceptors (Lipinski definition) is 2. The third-order valence-corrected chi connectivity index (χ3v) is 2.93. The Morgan fingerprint density at radius 2 is 1.94 bits per heavy atom. The molecule has 0 bridgehead atoms. The van der Waals surface area contributed by atoms with E-state index in [0.717, 1.165) is 17.9 Å². The number of benzene rings is 1. The minimum Gasteiger partial charge on any atom is -0.467 e. The van der Waals surface area contributed by atoms with E-state index in [1.165, 1.54) is 0 Å². The highest BCUT2D eigenvalue weighted by atomic mass is 35.5. The molecule has 1 aromatic heterocycles. The van der Waals surface area contributed by atoms with Gasteiger partial charge in [0.25, 0.3) is 0 Å². The summed E-state index contributed by atoms with van der Waals surface area (Å²) in [6.45, 7) is 2.09. The fraction of sp³-hybridized carbons (Fsp3) is 0.231. The van der Waals surface area contributed by atoms with Gasteiger partial charge in [-0.15, -0.1) is 0 Å². The Bertz CT molecular complexity index is 462. The Kier molecular flexibility index (Phi) is 3.97. The molecular weight excluding hydrogens is 257 g/mol. The first-order valence-electron chi connectivity index (χ1n) is 5.45. The average molecular weight is 270 g/mol. The first-order chi connectivity index (χ1) is 8.19. The van der Waals surface area contributed by atoms with Crippen molar-refractivity contribution in [3.8, 4) is 0 Å². The van der Waals surface area contributed by atoms with Gasteiger partial charge >= 0.3 is 0 Å². The first-order valence-corrected chi connectivity index (χ1v) is 6.20. The van der Waals surface area contributed by atoms with E-state index in [4.69, 9.17) is 27.6 Å². The van der Waals surface area contributed by atoms with Gasteiger partial charge in [0, 0.05) is 15.7 Å². The molecule has 2 rings (SSSR count).